The minimum atomic E-state index is -0.0515. The number of hydrogen-bond acceptors (Lipinski definition) is 3. The number of carbonyl (C=O) groups is 1. The Labute approximate surface area is 158 Å². The number of hydrogen-bond donors (Lipinski definition) is 1. The molecule has 0 atom stereocenters. The van der Waals surface area contributed by atoms with Crippen molar-refractivity contribution in [2.24, 2.45) is 0 Å². The first-order valence-corrected chi connectivity index (χ1v) is 8.95. The molecule has 4 heteroatoms. The van der Waals surface area contributed by atoms with E-state index in [1.54, 1.807) is 14.2 Å². The second kappa shape index (κ2) is 7.16. The number of rotatable bonds is 2. The second-order valence-electron chi connectivity index (χ2n) is 6.46. The van der Waals surface area contributed by atoms with Gasteiger partial charge >= 0.3 is 0 Å². The lowest BCUT2D eigenvalue weighted by Crippen LogP contribution is -2.26. The third-order valence-corrected chi connectivity index (χ3v) is 4.97. The van der Waals surface area contributed by atoms with Crippen LogP contribution in [0.2, 0.25) is 0 Å². The van der Waals surface area contributed by atoms with Crippen molar-refractivity contribution < 1.29 is 14.3 Å². The lowest BCUT2D eigenvalue weighted by molar-refractivity contribution is 0.0955. The minimum Gasteiger partial charge on any atom is -0.493 e. The summed E-state index contributed by atoms with van der Waals surface area (Å²) in [5.74, 6) is 1.34. The van der Waals surface area contributed by atoms with Crippen LogP contribution >= 0.6 is 0 Å². The zero-order chi connectivity index (χ0) is 18.8. The summed E-state index contributed by atoms with van der Waals surface area (Å²) in [5.41, 5.74) is 5.92. The molecule has 136 valence electrons. The maximum absolute atomic E-state index is 12.7. The molecule has 0 aliphatic carbocycles. The number of amides is 1. The van der Waals surface area contributed by atoms with Gasteiger partial charge in [0.2, 0.25) is 0 Å². The molecule has 1 N–H and O–H groups in total. The van der Waals surface area contributed by atoms with Gasteiger partial charge in [0.15, 0.2) is 11.5 Å². The van der Waals surface area contributed by atoms with Crippen LogP contribution in [0, 0.1) is 0 Å². The molecule has 1 aliphatic heterocycles. The molecule has 0 bridgehead atoms. The lowest BCUT2D eigenvalue weighted by Gasteiger charge is -2.20. The maximum atomic E-state index is 12.7. The van der Waals surface area contributed by atoms with Crippen molar-refractivity contribution in [1.82, 2.24) is 5.32 Å². The van der Waals surface area contributed by atoms with Crippen LogP contribution < -0.4 is 14.8 Å². The van der Waals surface area contributed by atoms with E-state index >= 15 is 0 Å². The highest BCUT2D eigenvalue weighted by atomic mass is 16.5. The Bertz CT molecular complexity index is 1010. The van der Waals surface area contributed by atoms with Gasteiger partial charge in [0.05, 0.1) is 14.2 Å². The molecule has 1 amide bonds. The first-order valence-electron chi connectivity index (χ1n) is 8.95. The number of carbonyl (C=O) groups excluding carboxylic acids is 1. The molecule has 27 heavy (non-hydrogen) atoms. The van der Waals surface area contributed by atoms with E-state index in [-0.39, 0.29) is 5.91 Å². The molecular weight excluding hydrogens is 338 g/mol. The van der Waals surface area contributed by atoms with Crippen LogP contribution in [0.15, 0.2) is 60.7 Å². The average Bonchev–Trinajstić information content (AvgIpc) is 2.73. The van der Waals surface area contributed by atoms with Gasteiger partial charge in [0.25, 0.3) is 5.91 Å². The third kappa shape index (κ3) is 3.04. The highest BCUT2D eigenvalue weighted by molar-refractivity contribution is 6.03. The number of nitrogens with one attached hydrogen (secondary N) is 1. The van der Waals surface area contributed by atoms with E-state index in [0.717, 1.165) is 27.8 Å². The van der Waals surface area contributed by atoms with Crippen LogP contribution in [0.1, 0.15) is 15.9 Å². The van der Waals surface area contributed by atoms with Crippen LogP contribution in [-0.4, -0.2) is 26.7 Å². The summed E-state index contributed by atoms with van der Waals surface area (Å²) in [6.07, 6.45) is 0.706. The Morgan fingerprint density at radius 3 is 1.89 bits per heavy atom. The van der Waals surface area contributed by atoms with Gasteiger partial charge in [-0.05, 0) is 52.4 Å². The lowest BCUT2D eigenvalue weighted by atomic mass is 9.88. The molecule has 4 nitrogen and oxygen atoms in total. The largest absolute Gasteiger partial charge is 0.493 e. The molecule has 0 fully saturated rings. The fraction of sp³-hybridized carbons (Fsp3) is 0.174. The van der Waals surface area contributed by atoms with Gasteiger partial charge in [0.1, 0.15) is 0 Å². The van der Waals surface area contributed by atoms with Crippen molar-refractivity contribution in [3.63, 3.8) is 0 Å². The summed E-state index contributed by atoms with van der Waals surface area (Å²) in [7, 11) is 3.28. The standard InChI is InChI=1S/C23H21NO3/c1-26-21-13-15-11-12-24-23(25)19-10-6-5-8-17(19)16-7-3-4-9-18(16)20(15)14-22(21)27-2/h3-10,13-14H,11-12H2,1-2H3,(H,24,25). The number of ether oxygens (including phenoxy) is 2. The summed E-state index contributed by atoms with van der Waals surface area (Å²) < 4.78 is 11.0. The van der Waals surface area contributed by atoms with E-state index in [2.05, 4.69) is 17.4 Å². The van der Waals surface area contributed by atoms with E-state index in [1.807, 2.05) is 48.5 Å². The van der Waals surface area contributed by atoms with Crippen molar-refractivity contribution in [3.05, 3.63) is 71.8 Å². The van der Waals surface area contributed by atoms with Crippen LogP contribution in [0.25, 0.3) is 22.3 Å². The third-order valence-electron chi connectivity index (χ3n) is 4.97. The first-order chi connectivity index (χ1) is 13.2. The van der Waals surface area contributed by atoms with Crippen molar-refractivity contribution in [3.8, 4) is 33.8 Å². The Morgan fingerprint density at radius 2 is 1.26 bits per heavy atom. The van der Waals surface area contributed by atoms with Crippen molar-refractivity contribution >= 4 is 5.91 Å². The summed E-state index contributed by atoms with van der Waals surface area (Å²) >= 11 is 0. The Morgan fingerprint density at radius 1 is 0.741 bits per heavy atom. The molecule has 0 aromatic heterocycles. The van der Waals surface area contributed by atoms with E-state index in [1.165, 1.54) is 0 Å². The topological polar surface area (TPSA) is 47.6 Å². The van der Waals surface area contributed by atoms with Gasteiger partial charge in [-0.25, -0.2) is 0 Å². The average molecular weight is 359 g/mol. The monoisotopic (exact) mass is 359 g/mol. The highest BCUT2D eigenvalue weighted by Crippen LogP contribution is 2.41. The Balaban J connectivity index is 2.03. The molecule has 3 aromatic carbocycles. The smallest absolute Gasteiger partial charge is 0.251 e. The van der Waals surface area contributed by atoms with Gasteiger partial charge in [-0.2, -0.15) is 0 Å². The van der Waals surface area contributed by atoms with Crippen LogP contribution in [-0.2, 0) is 6.42 Å². The molecule has 1 heterocycles. The van der Waals surface area contributed by atoms with Crippen molar-refractivity contribution in [1.29, 1.82) is 0 Å². The second-order valence-corrected chi connectivity index (χ2v) is 6.46. The van der Waals surface area contributed by atoms with Crippen molar-refractivity contribution in [2.75, 3.05) is 20.8 Å². The molecule has 0 saturated heterocycles. The Kier molecular flexibility index (Phi) is 4.55. The maximum Gasteiger partial charge on any atom is 0.251 e. The fourth-order valence-electron chi connectivity index (χ4n) is 3.65. The summed E-state index contributed by atoms with van der Waals surface area (Å²) in [6, 6.07) is 19.9. The molecule has 0 unspecified atom stereocenters. The zero-order valence-electron chi connectivity index (χ0n) is 15.4. The van der Waals surface area contributed by atoms with Gasteiger partial charge in [0, 0.05) is 12.1 Å². The number of methoxy groups -OCH3 is 2. The Hall–Kier alpha value is -3.27. The first kappa shape index (κ1) is 17.2. The molecule has 3 aromatic rings. The van der Waals surface area contributed by atoms with Crippen LogP contribution in [0.4, 0.5) is 0 Å². The van der Waals surface area contributed by atoms with E-state index < -0.39 is 0 Å². The normalized spacial score (nSPS) is 12.9. The fourth-order valence-corrected chi connectivity index (χ4v) is 3.65. The van der Waals surface area contributed by atoms with Crippen LogP contribution in [0.5, 0.6) is 11.5 Å². The molecular formula is C23H21NO3. The van der Waals surface area contributed by atoms with Gasteiger partial charge in [-0.1, -0.05) is 42.5 Å². The quantitative estimate of drug-likeness (QED) is 0.741. The van der Waals surface area contributed by atoms with Gasteiger partial charge in [-0.15, -0.1) is 0 Å². The molecule has 0 saturated carbocycles. The summed E-state index contributed by atoms with van der Waals surface area (Å²) in [4.78, 5) is 12.7. The molecule has 0 radical (unpaired) electrons. The number of fused-ring (bicyclic) bond motifs is 5. The van der Waals surface area contributed by atoms with Crippen LogP contribution in [0.3, 0.4) is 0 Å². The van der Waals surface area contributed by atoms with E-state index in [0.29, 0.717) is 30.0 Å². The predicted molar refractivity (Wildman–Crippen MR) is 106 cm³/mol. The SMILES string of the molecule is COc1cc2c(cc1OC)-c1ccccc1-c1ccccc1C(=O)NCC2. The van der Waals surface area contributed by atoms with E-state index in [9.17, 15) is 4.79 Å². The minimum absolute atomic E-state index is 0.0515. The summed E-state index contributed by atoms with van der Waals surface area (Å²) in [6.45, 7) is 0.553. The highest BCUT2D eigenvalue weighted by Gasteiger charge is 2.20. The van der Waals surface area contributed by atoms with E-state index in [4.69, 9.17) is 9.47 Å². The molecule has 1 aliphatic rings. The molecule has 4 rings (SSSR count). The van der Waals surface area contributed by atoms with Crippen molar-refractivity contribution in [2.45, 2.75) is 6.42 Å². The summed E-state index contributed by atoms with van der Waals surface area (Å²) in [5, 5.41) is 3.04. The van der Waals surface area contributed by atoms with Gasteiger partial charge < -0.3 is 14.8 Å². The molecule has 0 spiro atoms. The predicted octanol–water partition coefficient (Wildman–Crippen LogP) is 4.32. The van der Waals surface area contributed by atoms with Gasteiger partial charge in [-0.3, -0.25) is 4.79 Å². The number of benzene rings is 3. The zero-order valence-corrected chi connectivity index (χ0v) is 15.4.